The predicted molar refractivity (Wildman–Crippen MR) is 170 cm³/mol. The minimum absolute atomic E-state index is 0.00886. The van der Waals surface area contributed by atoms with E-state index >= 15 is 0 Å². The summed E-state index contributed by atoms with van der Waals surface area (Å²) in [5, 5.41) is 15.5. The van der Waals surface area contributed by atoms with E-state index in [1.165, 1.54) is 0 Å². The Kier molecular flexibility index (Phi) is 9.23. The average molecular weight is 607 g/mol. The number of hydrogen-bond donors (Lipinski definition) is 3. The Morgan fingerprint density at radius 3 is 2.20 bits per heavy atom. The van der Waals surface area contributed by atoms with Crippen LogP contribution in [0.3, 0.4) is 0 Å². The van der Waals surface area contributed by atoms with Crippen molar-refractivity contribution in [3.63, 3.8) is 0 Å². The van der Waals surface area contributed by atoms with E-state index < -0.39 is 29.1 Å². The fourth-order valence-electron chi connectivity index (χ4n) is 7.65. The largest absolute Gasteiger partial charge is 0.494 e. The highest BCUT2D eigenvalue weighted by Crippen LogP contribution is 2.65. The third kappa shape index (κ3) is 5.43. The normalized spacial score (nSPS) is 28.6. The van der Waals surface area contributed by atoms with Crippen LogP contribution >= 0.6 is 0 Å². The van der Waals surface area contributed by atoms with Crippen LogP contribution in [-0.4, -0.2) is 77.8 Å². The van der Waals surface area contributed by atoms with E-state index in [1.54, 1.807) is 29.2 Å². The number of aliphatic hydroxyl groups excluding tert-OH is 1. The Balaban J connectivity index is 1.44. The SMILES string of the molecule is CCOc1ccc(NC(=O)[C@H]2[C@H]3C(=O)N(CCCCO)C(C(=O)Nc4ccc(N(CC)CC)cc4)C34CC(C)[C@]2(C)O4)cc1. The van der Waals surface area contributed by atoms with Crippen LogP contribution in [0, 0.1) is 17.8 Å². The number of unbranched alkanes of at least 4 members (excludes halogenated alkanes) is 1. The lowest BCUT2D eigenvalue weighted by molar-refractivity contribution is -0.144. The summed E-state index contributed by atoms with van der Waals surface area (Å²) in [5.41, 5.74) is 0.228. The minimum Gasteiger partial charge on any atom is -0.494 e. The Hall–Kier alpha value is -3.63. The smallest absolute Gasteiger partial charge is 0.250 e. The molecule has 2 aromatic rings. The second-order valence-electron chi connectivity index (χ2n) is 12.3. The second kappa shape index (κ2) is 12.8. The number of fused-ring (bicyclic) bond motifs is 1. The number of aliphatic hydroxyl groups is 1. The van der Waals surface area contributed by atoms with Gasteiger partial charge in [-0.3, -0.25) is 14.4 Å². The lowest BCUT2D eigenvalue weighted by Crippen LogP contribution is -2.54. The molecular weight excluding hydrogens is 560 g/mol. The molecule has 2 aromatic carbocycles. The maximum Gasteiger partial charge on any atom is 0.250 e. The lowest BCUT2D eigenvalue weighted by Gasteiger charge is -2.36. The highest BCUT2D eigenvalue weighted by Gasteiger charge is 2.79. The molecule has 3 aliphatic rings. The Labute approximate surface area is 260 Å². The molecule has 44 heavy (non-hydrogen) atoms. The number of anilines is 3. The van der Waals surface area contributed by atoms with E-state index in [4.69, 9.17) is 9.47 Å². The van der Waals surface area contributed by atoms with Gasteiger partial charge in [0, 0.05) is 43.3 Å². The van der Waals surface area contributed by atoms with E-state index in [9.17, 15) is 19.5 Å². The zero-order valence-corrected chi connectivity index (χ0v) is 26.5. The molecule has 3 unspecified atom stereocenters. The van der Waals surface area contributed by atoms with E-state index in [2.05, 4.69) is 29.4 Å². The molecule has 3 aliphatic heterocycles. The van der Waals surface area contributed by atoms with Gasteiger partial charge in [0.15, 0.2) is 0 Å². The summed E-state index contributed by atoms with van der Waals surface area (Å²) in [6.45, 7) is 12.6. The molecule has 5 rings (SSSR count). The highest BCUT2D eigenvalue weighted by molar-refractivity contribution is 6.05. The quantitative estimate of drug-likeness (QED) is 0.291. The van der Waals surface area contributed by atoms with Crippen LogP contribution in [0.25, 0.3) is 0 Å². The number of ether oxygens (including phenoxy) is 2. The maximum atomic E-state index is 14.3. The fraction of sp³-hybridized carbons (Fsp3) is 0.559. The van der Waals surface area contributed by atoms with Crippen LogP contribution in [0.1, 0.15) is 53.9 Å². The Bertz CT molecular complexity index is 1350. The van der Waals surface area contributed by atoms with Gasteiger partial charge in [-0.2, -0.15) is 0 Å². The van der Waals surface area contributed by atoms with Crippen LogP contribution in [0.15, 0.2) is 48.5 Å². The molecule has 10 nitrogen and oxygen atoms in total. The fourth-order valence-corrected chi connectivity index (χ4v) is 7.65. The molecule has 0 radical (unpaired) electrons. The number of carbonyl (C=O) groups is 3. The minimum atomic E-state index is -1.14. The number of benzene rings is 2. The molecule has 2 bridgehead atoms. The molecule has 3 N–H and O–H groups in total. The zero-order chi connectivity index (χ0) is 31.6. The first-order valence-electron chi connectivity index (χ1n) is 15.9. The van der Waals surface area contributed by atoms with Crippen molar-refractivity contribution >= 4 is 34.8 Å². The molecule has 6 atom stereocenters. The first-order chi connectivity index (χ1) is 21.1. The van der Waals surface area contributed by atoms with Gasteiger partial charge in [0.1, 0.15) is 17.4 Å². The zero-order valence-electron chi connectivity index (χ0n) is 26.5. The summed E-state index contributed by atoms with van der Waals surface area (Å²) in [5.74, 6) is -1.82. The van der Waals surface area contributed by atoms with Crippen LogP contribution in [0.5, 0.6) is 5.75 Å². The first kappa shape index (κ1) is 31.8. The van der Waals surface area contributed by atoms with Gasteiger partial charge in [-0.25, -0.2) is 0 Å². The summed E-state index contributed by atoms with van der Waals surface area (Å²) < 4.78 is 12.3. The summed E-state index contributed by atoms with van der Waals surface area (Å²) >= 11 is 0. The molecule has 3 heterocycles. The van der Waals surface area contributed by atoms with Crippen molar-refractivity contribution in [1.29, 1.82) is 0 Å². The molecule has 0 saturated carbocycles. The maximum absolute atomic E-state index is 14.3. The van der Waals surface area contributed by atoms with E-state index in [-0.39, 0.29) is 36.8 Å². The Morgan fingerprint density at radius 1 is 1.00 bits per heavy atom. The number of amides is 3. The summed E-state index contributed by atoms with van der Waals surface area (Å²) in [6.07, 6.45) is 1.52. The molecular formula is C34H46N4O6. The van der Waals surface area contributed by atoms with E-state index in [0.717, 1.165) is 18.8 Å². The lowest BCUT2D eigenvalue weighted by atomic mass is 9.62. The predicted octanol–water partition coefficient (Wildman–Crippen LogP) is 4.29. The average Bonchev–Trinajstić information content (AvgIpc) is 3.52. The van der Waals surface area contributed by atoms with Gasteiger partial charge in [-0.1, -0.05) is 6.92 Å². The molecule has 3 fully saturated rings. The second-order valence-corrected chi connectivity index (χ2v) is 12.3. The Morgan fingerprint density at radius 2 is 1.61 bits per heavy atom. The number of nitrogens with one attached hydrogen (secondary N) is 2. The third-order valence-electron chi connectivity index (χ3n) is 9.85. The third-order valence-corrected chi connectivity index (χ3v) is 9.85. The summed E-state index contributed by atoms with van der Waals surface area (Å²) in [6, 6.07) is 13.9. The van der Waals surface area contributed by atoms with Gasteiger partial charge in [0.05, 0.1) is 24.0 Å². The topological polar surface area (TPSA) is 120 Å². The van der Waals surface area contributed by atoms with Gasteiger partial charge in [0.2, 0.25) is 17.7 Å². The van der Waals surface area contributed by atoms with Gasteiger partial charge in [-0.15, -0.1) is 0 Å². The van der Waals surface area contributed by atoms with Crippen molar-refractivity contribution in [2.75, 3.05) is 48.4 Å². The van der Waals surface area contributed by atoms with Crippen molar-refractivity contribution in [3.8, 4) is 5.75 Å². The van der Waals surface area contributed by atoms with Crippen LogP contribution in [0.2, 0.25) is 0 Å². The summed E-state index contributed by atoms with van der Waals surface area (Å²) in [7, 11) is 0. The van der Waals surface area contributed by atoms with Gasteiger partial charge < -0.3 is 35.0 Å². The number of rotatable bonds is 13. The van der Waals surface area contributed by atoms with Crippen molar-refractivity contribution in [3.05, 3.63) is 48.5 Å². The summed E-state index contributed by atoms with van der Waals surface area (Å²) in [4.78, 5) is 46.2. The molecule has 10 heteroatoms. The van der Waals surface area contributed by atoms with Crippen LogP contribution < -0.4 is 20.3 Å². The van der Waals surface area contributed by atoms with Crippen LogP contribution in [0.4, 0.5) is 17.1 Å². The monoisotopic (exact) mass is 606 g/mol. The van der Waals surface area contributed by atoms with Gasteiger partial charge >= 0.3 is 0 Å². The standard InChI is InChI=1S/C34H46N4O6/c1-6-37(7-2)25-15-11-23(12-16-25)36-31(41)29-34-21-22(4)33(5,44-34)27(28(34)32(42)38(29)19-9-10-20-39)30(40)35-24-13-17-26(18-14-24)43-8-3/h11-18,22,27-29,39H,6-10,19-21H2,1-5H3,(H,35,40)(H,36,41)/t22?,27-,28+,29?,33+,34?/m1/s1. The number of hydrogen-bond acceptors (Lipinski definition) is 7. The molecule has 3 saturated heterocycles. The molecule has 0 aliphatic carbocycles. The van der Waals surface area contributed by atoms with Crippen molar-refractivity contribution in [2.45, 2.75) is 71.1 Å². The van der Waals surface area contributed by atoms with E-state index in [0.29, 0.717) is 43.0 Å². The molecule has 3 amide bonds. The first-order valence-corrected chi connectivity index (χ1v) is 15.9. The van der Waals surface area contributed by atoms with Crippen LogP contribution in [-0.2, 0) is 19.1 Å². The van der Waals surface area contributed by atoms with E-state index in [1.807, 2.05) is 45.0 Å². The number of carbonyl (C=O) groups excluding carboxylic acids is 3. The number of nitrogens with zero attached hydrogens (tertiary/aromatic N) is 2. The highest BCUT2D eigenvalue weighted by atomic mass is 16.5. The van der Waals surface area contributed by atoms with Gasteiger partial charge in [0.25, 0.3) is 0 Å². The van der Waals surface area contributed by atoms with Crippen molar-refractivity contribution < 1.29 is 29.0 Å². The van der Waals surface area contributed by atoms with Crippen molar-refractivity contribution in [2.24, 2.45) is 17.8 Å². The number of likely N-dealkylation sites (tertiary alicyclic amines) is 1. The molecule has 0 aromatic heterocycles. The van der Waals surface area contributed by atoms with Crippen molar-refractivity contribution in [1.82, 2.24) is 4.90 Å². The molecule has 238 valence electrons. The molecule has 1 spiro atoms. The van der Waals surface area contributed by atoms with Gasteiger partial charge in [-0.05, 0) is 101 Å².